The molecule has 0 fully saturated rings. The molecule has 0 heterocycles. The molecule has 0 rings (SSSR count). The molecule has 0 aromatic rings. The van der Waals surface area contributed by atoms with Crippen molar-refractivity contribution in [1.29, 1.82) is 0 Å². The summed E-state index contributed by atoms with van der Waals surface area (Å²) >= 11 is 0. The molecule has 350 valence electrons. The largest absolute Gasteiger partial charge is 0.467 e. The number of carbonyl (C=O) groups is 9. The summed E-state index contributed by atoms with van der Waals surface area (Å²) < 4.78 is 14.8. The molecule has 0 saturated heterocycles. The maximum absolute atomic E-state index is 14.1. The van der Waals surface area contributed by atoms with Gasteiger partial charge in [0.15, 0.2) is 0 Å². The highest BCUT2D eigenvalue weighted by Gasteiger charge is 2.42. The number of hydrogen-bond donors (Lipinski definition) is 7. The highest BCUT2D eigenvalue weighted by Crippen LogP contribution is 2.15. The van der Waals surface area contributed by atoms with E-state index >= 15 is 0 Å². The van der Waals surface area contributed by atoms with E-state index in [0.29, 0.717) is 6.42 Å². The van der Waals surface area contributed by atoms with Gasteiger partial charge in [-0.2, -0.15) is 0 Å². The molecule has 0 aliphatic heterocycles. The number of esters is 1. The summed E-state index contributed by atoms with van der Waals surface area (Å²) in [6.07, 6.45) is -1.38. The Kier molecular flexibility index (Phi) is 22.8. The van der Waals surface area contributed by atoms with E-state index in [1.54, 1.807) is 48.5 Å². The quantitative estimate of drug-likeness (QED) is 0.0603. The van der Waals surface area contributed by atoms with Gasteiger partial charge in [-0.3, -0.25) is 28.8 Å². The van der Waals surface area contributed by atoms with E-state index in [1.807, 2.05) is 27.7 Å². The van der Waals surface area contributed by atoms with Crippen LogP contribution in [0.4, 0.5) is 9.59 Å². The molecule has 7 atom stereocenters. The van der Waals surface area contributed by atoms with Crippen LogP contribution in [0.5, 0.6) is 0 Å². The fourth-order valence-corrected chi connectivity index (χ4v) is 5.92. The maximum Gasteiger partial charge on any atom is 0.408 e. The summed E-state index contributed by atoms with van der Waals surface area (Å²) in [4.78, 5) is 120. The molecule has 0 aliphatic rings. The van der Waals surface area contributed by atoms with Crippen LogP contribution in [0.2, 0.25) is 0 Å². The molecule has 0 saturated carbocycles. The Morgan fingerprint density at radius 1 is 0.541 bits per heavy atom. The zero-order chi connectivity index (χ0) is 47.7. The first-order valence-electron chi connectivity index (χ1n) is 20.6. The van der Waals surface area contributed by atoms with E-state index in [0.717, 1.165) is 12.0 Å². The van der Waals surface area contributed by atoms with E-state index in [9.17, 15) is 43.2 Å². The van der Waals surface area contributed by atoms with Gasteiger partial charge >= 0.3 is 18.2 Å². The van der Waals surface area contributed by atoms with Crippen LogP contribution in [-0.4, -0.2) is 134 Å². The number of hydrogen-bond acceptors (Lipinski definition) is 12. The standard InChI is InChI=1S/C41H74N8O12/c1-21(2)18-27(44-31(50)25(9)43-34(53)30(24(7)8)47-38(57)61-40(11,12)13)35(54)49(15)20-41(14,48-39(58)60-17)37(56)46-29(23(5)6)33(52)42-26(10)32(51)45-28(19-22(3)4)36(55)59-16/h21-30H,18-20H2,1-17H3,(H,42,52)(H,43,53)(H,44,50)(H,45,51)(H,46,56)(H,47,57)(H,48,58)/t25-,26-,27-,28-,29-,30-,41+/m0/s1. The summed E-state index contributed by atoms with van der Waals surface area (Å²) in [5, 5.41) is 18.0. The highest BCUT2D eigenvalue weighted by molar-refractivity contribution is 5.97. The van der Waals surface area contributed by atoms with E-state index in [-0.39, 0.29) is 24.2 Å². The SMILES string of the molecule is COC(=O)N[C@](C)(CN(C)C(=O)[C@H](CC(C)C)NC(=O)[C@H](C)NC(=O)[C@@H](NC(=O)OC(C)(C)C)C(C)C)C(=O)N[C@H](C(=O)N[C@@H](C)C(=O)N[C@@H](CC(C)C)C(=O)OC)C(C)C. The van der Waals surface area contributed by atoms with Crippen LogP contribution in [0, 0.1) is 23.7 Å². The molecule has 8 amide bonds. The second-order valence-corrected chi connectivity index (χ2v) is 18.1. The molecule has 20 nitrogen and oxygen atoms in total. The van der Waals surface area contributed by atoms with Crippen LogP contribution in [0.3, 0.4) is 0 Å². The summed E-state index contributed by atoms with van der Waals surface area (Å²) in [5.74, 6) is -5.91. The van der Waals surface area contributed by atoms with Crippen molar-refractivity contribution in [3.63, 3.8) is 0 Å². The lowest BCUT2D eigenvalue weighted by Crippen LogP contribution is -2.66. The number of ether oxygens (including phenoxy) is 3. The van der Waals surface area contributed by atoms with Crippen LogP contribution < -0.4 is 37.2 Å². The van der Waals surface area contributed by atoms with Crippen molar-refractivity contribution in [2.45, 2.75) is 157 Å². The number of carbonyl (C=O) groups excluding carboxylic acids is 9. The van der Waals surface area contributed by atoms with Crippen molar-refractivity contribution in [2.75, 3.05) is 27.8 Å². The molecular formula is C41H74N8O12. The Morgan fingerprint density at radius 2 is 0.967 bits per heavy atom. The van der Waals surface area contributed by atoms with Crippen molar-refractivity contribution >= 4 is 53.6 Å². The monoisotopic (exact) mass is 871 g/mol. The Bertz CT molecular complexity index is 1550. The van der Waals surface area contributed by atoms with Crippen LogP contribution in [0.15, 0.2) is 0 Å². The average molecular weight is 871 g/mol. The second-order valence-electron chi connectivity index (χ2n) is 18.1. The van der Waals surface area contributed by atoms with Crippen molar-refractivity contribution in [3.8, 4) is 0 Å². The predicted molar refractivity (Wildman–Crippen MR) is 226 cm³/mol. The number of nitrogens with zero attached hydrogens (tertiary/aromatic N) is 1. The van der Waals surface area contributed by atoms with Crippen molar-refractivity contribution in [2.24, 2.45) is 23.7 Å². The highest BCUT2D eigenvalue weighted by atomic mass is 16.6. The summed E-state index contributed by atoms with van der Waals surface area (Å²) in [7, 11) is 3.64. The van der Waals surface area contributed by atoms with Crippen LogP contribution in [0.25, 0.3) is 0 Å². The van der Waals surface area contributed by atoms with E-state index in [1.165, 1.54) is 34.9 Å². The molecule has 20 heteroatoms. The number of amides is 8. The molecule has 61 heavy (non-hydrogen) atoms. The van der Waals surface area contributed by atoms with Gasteiger partial charge in [-0.15, -0.1) is 0 Å². The van der Waals surface area contributed by atoms with E-state index in [4.69, 9.17) is 14.2 Å². The van der Waals surface area contributed by atoms with E-state index < -0.39 is 113 Å². The third kappa shape index (κ3) is 19.8. The second kappa shape index (κ2) is 24.9. The first-order valence-corrected chi connectivity index (χ1v) is 20.6. The molecular weight excluding hydrogens is 796 g/mol. The topological polar surface area (TPSA) is 269 Å². The molecule has 0 spiro atoms. The normalized spacial score (nSPS) is 15.4. The maximum atomic E-state index is 14.1. The van der Waals surface area contributed by atoms with Gasteiger partial charge in [0.1, 0.15) is 47.4 Å². The third-order valence-electron chi connectivity index (χ3n) is 9.19. The fourth-order valence-electron chi connectivity index (χ4n) is 5.92. The first-order chi connectivity index (χ1) is 27.9. The number of likely N-dealkylation sites (N-methyl/N-ethyl adjacent to an activating group) is 1. The van der Waals surface area contributed by atoms with Gasteiger partial charge in [0.2, 0.25) is 35.4 Å². The van der Waals surface area contributed by atoms with Crippen molar-refractivity contribution in [3.05, 3.63) is 0 Å². The van der Waals surface area contributed by atoms with Gasteiger partial charge < -0.3 is 56.3 Å². The molecule has 7 N–H and O–H groups in total. The van der Waals surface area contributed by atoms with Crippen LogP contribution in [0.1, 0.15) is 110 Å². The summed E-state index contributed by atoms with van der Waals surface area (Å²) in [6.45, 7) is 22.8. The number of rotatable bonds is 22. The van der Waals surface area contributed by atoms with Crippen LogP contribution in [-0.2, 0) is 47.8 Å². The average Bonchev–Trinajstić information content (AvgIpc) is 3.12. The zero-order valence-corrected chi connectivity index (χ0v) is 39.2. The number of methoxy groups -OCH3 is 2. The Labute approximate surface area is 361 Å². The molecule has 0 unspecified atom stereocenters. The summed E-state index contributed by atoms with van der Waals surface area (Å²) in [5.41, 5.74) is -2.73. The Balaban J connectivity index is 6.23. The minimum absolute atomic E-state index is 0.0419. The molecule has 0 aromatic carbocycles. The smallest absolute Gasteiger partial charge is 0.408 e. The minimum atomic E-state index is -1.92. The van der Waals surface area contributed by atoms with Crippen molar-refractivity contribution < 1.29 is 57.4 Å². The Hall–Kier alpha value is -5.17. The number of nitrogens with one attached hydrogen (secondary N) is 7. The minimum Gasteiger partial charge on any atom is -0.467 e. The van der Waals surface area contributed by atoms with Gasteiger partial charge in [-0.05, 0) is 78.1 Å². The third-order valence-corrected chi connectivity index (χ3v) is 9.19. The Morgan fingerprint density at radius 3 is 1.36 bits per heavy atom. The van der Waals surface area contributed by atoms with Gasteiger partial charge in [0, 0.05) is 7.05 Å². The lowest BCUT2D eigenvalue weighted by Gasteiger charge is -2.36. The van der Waals surface area contributed by atoms with Gasteiger partial charge in [-0.1, -0.05) is 55.4 Å². The first kappa shape index (κ1) is 55.8. The summed E-state index contributed by atoms with van der Waals surface area (Å²) in [6, 6.07) is -6.67. The van der Waals surface area contributed by atoms with E-state index in [2.05, 4.69) is 37.2 Å². The number of alkyl carbamates (subject to hydrolysis) is 2. The van der Waals surface area contributed by atoms with Gasteiger partial charge in [0.05, 0.1) is 20.8 Å². The predicted octanol–water partition coefficient (Wildman–Crippen LogP) is 1.49. The van der Waals surface area contributed by atoms with Crippen LogP contribution >= 0.6 is 0 Å². The van der Waals surface area contributed by atoms with Crippen molar-refractivity contribution in [1.82, 2.24) is 42.1 Å². The zero-order valence-electron chi connectivity index (χ0n) is 39.2. The molecule has 0 aromatic heterocycles. The lowest BCUT2D eigenvalue weighted by molar-refractivity contribution is -0.146. The van der Waals surface area contributed by atoms with Gasteiger partial charge in [-0.25, -0.2) is 14.4 Å². The lowest BCUT2D eigenvalue weighted by atomic mass is 9.96. The van der Waals surface area contributed by atoms with Gasteiger partial charge in [0.25, 0.3) is 0 Å². The fraction of sp³-hybridized carbons (Fsp3) is 0.780. The molecule has 0 bridgehead atoms. The molecule has 0 radical (unpaired) electrons. The molecule has 0 aliphatic carbocycles.